The number of fused-ring (bicyclic) bond motifs is 1. The minimum absolute atomic E-state index is 0.0413. The molecule has 1 atom stereocenters. The maximum absolute atomic E-state index is 13.2. The standard InChI is InChI=1S/C20H22N2O2/c1-4-20(13-8-6-5-7-9-13)16-14(10-19(2,3)11-15(16)23)22-18-17(20)24-12-21-18/h5-9,12,22H,4,10-11H2,1-3H3. The molecular weight excluding hydrogens is 300 g/mol. The second-order valence-corrected chi connectivity index (χ2v) is 7.57. The number of rotatable bonds is 2. The molecule has 4 heteroatoms. The van der Waals surface area contributed by atoms with Crippen molar-refractivity contribution in [2.24, 2.45) is 5.41 Å². The number of Topliss-reactive ketones (excluding diaryl/α,β-unsaturated/α-hetero) is 1. The third-order valence-corrected chi connectivity index (χ3v) is 5.32. The fourth-order valence-electron chi connectivity index (χ4n) is 4.36. The highest BCUT2D eigenvalue weighted by Gasteiger charge is 2.51. The van der Waals surface area contributed by atoms with E-state index in [-0.39, 0.29) is 11.2 Å². The predicted octanol–water partition coefficient (Wildman–Crippen LogP) is 4.44. The Morgan fingerprint density at radius 2 is 1.96 bits per heavy atom. The molecule has 2 aromatic rings. The highest BCUT2D eigenvalue weighted by Crippen LogP contribution is 2.53. The predicted molar refractivity (Wildman–Crippen MR) is 92.7 cm³/mol. The summed E-state index contributed by atoms with van der Waals surface area (Å²) in [6, 6.07) is 10.2. The van der Waals surface area contributed by atoms with Gasteiger partial charge in [0, 0.05) is 17.7 Å². The molecule has 1 unspecified atom stereocenters. The molecule has 0 bridgehead atoms. The number of allylic oxidation sites excluding steroid dienone is 2. The third kappa shape index (κ3) is 1.98. The fraction of sp³-hybridized carbons (Fsp3) is 0.400. The summed E-state index contributed by atoms with van der Waals surface area (Å²) >= 11 is 0. The Balaban J connectivity index is 2.03. The molecule has 1 aromatic heterocycles. The first-order valence-electron chi connectivity index (χ1n) is 8.51. The van der Waals surface area contributed by atoms with Crippen molar-refractivity contribution in [2.45, 2.75) is 45.4 Å². The Hall–Kier alpha value is -2.36. The molecule has 24 heavy (non-hydrogen) atoms. The molecule has 1 aromatic carbocycles. The maximum atomic E-state index is 13.2. The number of carbonyl (C=O) groups excluding carboxylic acids is 1. The zero-order valence-electron chi connectivity index (χ0n) is 14.3. The monoisotopic (exact) mass is 322 g/mol. The summed E-state index contributed by atoms with van der Waals surface area (Å²) in [6.07, 6.45) is 3.63. The van der Waals surface area contributed by atoms with Crippen LogP contribution in [-0.2, 0) is 10.2 Å². The quantitative estimate of drug-likeness (QED) is 0.888. The molecule has 1 aliphatic carbocycles. The average Bonchev–Trinajstić information content (AvgIpc) is 3.01. The second-order valence-electron chi connectivity index (χ2n) is 7.57. The molecule has 0 amide bonds. The van der Waals surface area contributed by atoms with Crippen molar-refractivity contribution in [3.63, 3.8) is 0 Å². The van der Waals surface area contributed by atoms with E-state index in [1.807, 2.05) is 18.2 Å². The van der Waals surface area contributed by atoms with Crippen LogP contribution in [0.3, 0.4) is 0 Å². The molecule has 124 valence electrons. The van der Waals surface area contributed by atoms with Crippen LogP contribution >= 0.6 is 0 Å². The number of hydrogen-bond donors (Lipinski definition) is 1. The molecule has 2 heterocycles. The molecule has 1 N–H and O–H groups in total. The Labute approximate surface area is 142 Å². The van der Waals surface area contributed by atoms with Crippen LogP contribution in [0.25, 0.3) is 0 Å². The topological polar surface area (TPSA) is 55.1 Å². The van der Waals surface area contributed by atoms with Crippen molar-refractivity contribution < 1.29 is 9.21 Å². The van der Waals surface area contributed by atoms with Crippen LogP contribution in [0.4, 0.5) is 5.82 Å². The van der Waals surface area contributed by atoms with E-state index in [0.29, 0.717) is 6.42 Å². The van der Waals surface area contributed by atoms with Crippen LogP contribution in [0.15, 0.2) is 52.4 Å². The van der Waals surface area contributed by atoms with Gasteiger partial charge in [-0.2, -0.15) is 4.98 Å². The SMILES string of the molecule is CCC1(c2ccccc2)C2=C(CC(C)(C)CC2=O)Nc2ncoc21. The summed E-state index contributed by atoms with van der Waals surface area (Å²) < 4.78 is 5.81. The number of hydrogen-bond acceptors (Lipinski definition) is 4. The molecule has 2 aliphatic rings. The van der Waals surface area contributed by atoms with E-state index >= 15 is 0 Å². The molecule has 0 fully saturated rings. The first-order valence-corrected chi connectivity index (χ1v) is 8.51. The van der Waals surface area contributed by atoms with Crippen LogP contribution in [-0.4, -0.2) is 10.8 Å². The lowest BCUT2D eigenvalue weighted by Gasteiger charge is -2.43. The minimum Gasteiger partial charge on any atom is -0.445 e. The summed E-state index contributed by atoms with van der Waals surface area (Å²) in [5.74, 6) is 1.70. The highest BCUT2D eigenvalue weighted by atomic mass is 16.3. The van der Waals surface area contributed by atoms with Gasteiger partial charge in [0.1, 0.15) is 0 Å². The van der Waals surface area contributed by atoms with E-state index in [1.165, 1.54) is 6.39 Å². The van der Waals surface area contributed by atoms with E-state index in [0.717, 1.165) is 41.3 Å². The van der Waals surface area contributed by atoms with Crippen molar-refractivity contribution in [3.8, 4) is 0 Å². The van der Waals surface area contributed by atoms with Crippen molar-refractivity contribution in [2.75, 3.05) is 5.32 Å². The summed E-state index contributed by atoms with van der Waals surface area (Å²) in [5, 5.41) is 3.38. The number of anilines is 1. The lowest BCUT2D eigenvalue weighted by atomic mass is 9.61. The lowest BCUT2D eigenvalue weighted by molar-refractivity contribution is -0.118. The van der Waals surface area contributed by atoms with Gasteiger partial charge < -0.3 is 9.73 Å². The molecule has 4 rings (SSSR count). The number of oxazole rings is 1. The summed E-state index contributed by atoms with van der Waals surface area (Å²) in [4.78, 5) is 17.5. The molecular formula is C20H22N2O2. The van der Waals surface area contributed by atoms with E-state index in [4.69, 9.17) is 4.42 Å². The number of carbonyl (C=O) groups is 1. The largest absolute Gasteiger partial charge is 0.445 e. The fourth-order valence-corrected chi connectivity index (χ4v) is 4.36. The molecule has 0 saturated carbocycles. The second kappa shape index (κ2) is 5.07. The lowest BCUT2D eigenvalue weighted by Crippen LogP contribution is -2.43. The van der Waals surface area contributed by atoms with Crippen molar-refractivity contribution in [1.29, 1.82) is 0 Å². The van der Waals surface area contributed by atoms with E-state index < -0.39 is 5.41 Å². The Morgan fingerprint density at radius 1 is 1.21 bits per heavy atom. The third-order valence-electron chi connectivity index (χ3n) is 5.32. The summed E-state index contributed by atoms with van der Waals surface area (Å²) in [6.45, 7) is 6.40. The van der Waals surface area contributed by atoms with Gasteiger partial charge in [-0.1, -0.05) is 51.1 Å². The highest BCUT2D eigenvalue weighted by molar-refractivity contribution is 6.02. The van der Waals surface area contributed by atoms with Gasteiger partial charge in [-0.3, -0.25) is 4.79 Å². The van der Waals surface area contributed by atoms with Crippen LogP contribution in [0.5, 0.6) is 0 Å². The summed E-state index contributed by atoms with van der Waals surface area (Å²) in [7, 11) is 0. The first kappa shape index (κ1) is 15.2. The van der Waals surface area contributed by atoms with E-state index in [2.05, 4.69) is 43.2 Å². The zero-order chi connectivity index (χ0) is 16.9. The van der Waals surface area contributed by atoms with Crippen molar-refractivity contribution in [1.82, 2.24) is 4.98 Å². The van der Waals surface area contributed by atoms with Gasteiger partial charge in [0.2, 0.25) is 0 Å². The maximum Gasteiger partial charge on any atom is 0.183 e. The van der Waals surface area contributed by atoms with Gasteiger partial charge >= 0.3 is 0 Å². The molecule has 4 nitrogen and oxygen atoms in total. The van der Waals surface area contributed by atoms with Crippen LogP contribution in [0.2, 0.25) is 0 Å². The number of aromatic nitrogens is 1. The van der Waals surface area contributed by atoms with Gasteiger partial charge in [-0.25, -0.2) is 0 Å². The van der Waals surface area contributed by atoms with Crippen LogP contribution in [0.1, 0.15) is 51.4 Å². The Kier molecular flexibility index (Phi) is 3.21. The van der Waals surface area contributed by atoms with Gasteiger partial charge in [-0.05, 0) is 23.8 Å². The van der Waals surface area contributed by atoms with E-state index in [1.54, 1.807) is 0 Å². The number of nitrogens with one attached hydrogen (secondary N) is 1. The number of ketones is 1. The van der Waals surface area contributed by atoms with Crippen LogP contribution < -0.4 is 5.32 Å². The first-order chi connectivity index (χ1) is 11.5. The zero-order valence-corrected chi connectivity index (χ0v) is 14.3. The smallest absolute Gasteiger partial charge is 0.183 e. The van der Waals surface area contributed by atoms with Crippen molar-refractivity contribution >= 4 is 11.6 Å². The van der Waals surface area contributed by atoms with Gasteiger partial charge in [-0.15, -0.1) is 0 Å². The molecule has 0 radical (unpaired) electrons. The Morgan fingerprint density at radius 3 is 2.67 bits per heavy atom. The number of benzene rings is 1. The van der Waals surface area contributed by atoms with Gasteiger partial charge in [0.15, 0.2) is 23.8 Å². The Bertz CT molecular complexity index is 832. The van der Waals surface area contributed by atoms with Crippen LogP contribution in [0, 0.1) is 5.41 Å². The number of nitrogens with zero attached hydrogens (tertiary/aromatic N) is 1. The van der Waals surface area contributed by atoms with Crippen molar-refractivity contribution in [3.05, 3.63) is 59.3 Å². The molecule has 0 spiro atoms. The average molecular weight is 322 g/mol. The van der Waals surface area contributed by atoms with Gasteiger partial charge in [0.05, 0.1) is 5.41 Å². The molecule has 1 aliphatic heterocycles. The normalized spacial score (nSPS) is 25.0. The van der Waals surface area contributed by atoms with Gasteiger partial charge in [0.25, 0.3) is 0 Å². The van der Waals surface area contributed by atoms with E-state index in [9.17, 15) is 4.79 Å². The molecule has 0 saturated heterocycles. The minimum atomic E-state index is -0.554. The summed E-state index contributed by atoms with van der Waals surface area (Å²) in [5.41, 5.74) is 2.36.